The third kappa shape index (κ3) is 4.77. The number of pyridine rings is 1. The summed E-state index contributed by atoms with van der Waals surface area (Å²) in [6, 6.07) is 14.5. The summed E-state index contributed by atoms with van der Waals surface area (Å²) in [5.41, 5.74) is 1.35. The van der Waals surface area contributed by atoms with Crippen LogP contribution in [0.4, 0.5) is 8.78 Å². The lowest BCUT2D eigenvalue weighted by atomic mass is 10.0. The Kier molecular flexibility index (Phi) is 6.22. The van der Waals surface area contributed by atoms with Crippen molar-refractivity contribution in [1.29, 1.82) is 0 Å². The Morgan fingerprint density at radius 3 is 2.38 bits per heavy atom. The number of hydrogen-bond donors (Lipinski definition) is 0. The molecule has 3 aromatic rings. The van der Waals surface area contributed by atoms with Crippen LogP contribution in [0.2, 0.25) is 0 Å². The topological polar surface area (TPSA) is 42.3 Å². The molecule has 1 amide bonds. The molecule has 1 aromatic heterocycles. The van der Waals surface area contributed by atoms with Gasteiger partial charge in [-0.25, -0.2) is 8.78 Å². The summed E-state index contributed by atoms with van der Waals surface area (Å²) >= 11 is 0. The number of hydrogen-bond acceptors (Lipinski definition) is 2. The molecule has 0 aliphatic carbocycles. The monoisotopic (exact) mass is 396 g/mol. The van der Waals surface area contributed by atoms with Crippen molar-refractivity contribution in [1.82, 2.24) is 9.47 Å². The second-order valence-corrected chi connectivity index (χ2v) is 6.90. The normalized spacial score (nSPS) is 11.9. The fourth-order valence-corrected chi connectivity index (χ4v) is 3.32. The SMILES string of the molecule is CCC(c1ccc(F)cc1)N(Cc1cccc(F)c1)C(=O)c1ccn(C)c(=O)c1. The summed E-state index contributed by atoms with van der Waals surface area (Å²) in [6.07, 6.45) is 2.10. The summed E-state index contributed by atoms with van der Waals surface area (Å²) < 4.78 is 28.5. The highest BCUT2D eigenvalue weighted by atomic mass is 19.1. The van der Waals surface area contributed by atoms with Crippen molar-refractivity contribution in [2.75, 3.05) is 0 Å². The van der Waals surface area contributed by atoms with Gasteiger partial charge in [-0.05, 0) is 47.9 Å². The molecule has 0 spiro atoms. The number of aryl methyl sites for hydroxylation is 1. The number of rotatable bonds is 6. The van der Waals surface area contributed by atoms with E-state index in [0.717, 1.165) is 5.56 Å². The van der Waals surface area contributed by atoms with Gasteiger partial charge in [0, 0.05) is 31.4 Å². The fraction of sp³-hybridized carbons (Fsp3) is 0.217. The van der Waals surface area contributed by atoms with Crippen LogP contribution in [0.5, 0.6) is 0 Å². The van der Waals surface area contributed by atoms with E-state index in [9.17, 15) is 18.4 Å². The molecule has 2 aromatic carbocycles. The number of amides is 1. The fourth-order valence-electron chi connectivity index (χ4n) is 3.32. The average molecular weight is 396 g/mol. The summed E-state index contributed by atoms with van der Waals surface area (Å²) in [5, 5.41) is 0. The molecule has 29 heavy (non-hydrogen) atoms. The minimum absolute atomic E-state index is 0.154. The molecule has 0 saturated carbocycles. The van der Waals surface area contributed by atoms with Crippen molar-refractivity contribution in [3.8, 4) is 0 Å². The molecule has 0 saturated heterocycles. The third-order valence-electron chi connectivity index (χ3n) is 4.87. The van der Waals surface area contributed by atoms with Gasteiger partial charge >= 0.3 is 0 Å². The zero-order valence-electron chi connectivity index (χ0n) is 16.3. The Labute approximate surface area is 168 Å². The quantitative estimate of drug-likeness (QED) is 0.618. The molecule has 1 atom stereocenters. The van der Waals surface area contributed by atoms with Crippen LogP contribution in [-0.4, -0.2) is 15.4 Å². The Morgan fingerprint density at radius 1 is 1.03 bits per heavy atom. The maximum atomic E-state index is 13.7. The van der Waals surface area contributed by atoms with Crippen LogP contribution >= 0.6 is 0 Å². The van der Waals surface area contributed by atoms with E-state index in [2.05, 4.69) is 0 Å². The van der Waals surface area contributed by atoms with Crippen LogP contribution in [0.15, 0.2) is 71.7 Å². The van der Waals surface area contributed by atoms with E-state index in [1.165, 1.54) is 41.1 Å². The number of halogens is 2. The molecule has 0 aliphatic heterocycles. The van der Waals surface area contributed by atoms with E-state index in [1.54, 1.807) is 42.3 Å². The molecule has 3 rings (SSSR count). The van der Waals surface area contributed by atoms with Gasteiger partial charge in [0.15, 0.2) is 0 Å². The van der Waals surface area contributed by atoms with Gasteiger partial charge in [0.25, 0.3) is 11.5 Å². The van der Waals surface area contributed by atoms with Crippen LogP contribution in [0.3, 0.4) is 0 Å². The first-order valence-corrected chi connectivity index (χ1v) is 9.36. The number of carbonyl (C=O) groups is 1. The van der Waals surface area contributed by atoms with Gasteiger partial charge in [-0.15, -0.1) is 0 Å². The minimum Gasteiger partial charge on any atom is -0.327 e. The van der Waals surface area contributed by atoms with E-state index in [1.807, 2.05) is 6.92 Å². The lowest BCUT2D eigenvalue weighted by molar-refractivity contribution is 0.0652. The molecule has 6 heteroatoms. The first-order valence-electron chi connectivity index (χ1n) is 9.36. The Bertz CT molecular complexity index is 1060. The van der Waals surface area contributed by atoms with E-state index in [4.69, 9.17) is 0 Å². The summed E-state index contributed by atoms with van der Waals surface area (Å²) in [4.78, 5) is 27.0. The molecule has 0 aliphatic rings. The second-order valence-electron chi connectivity index (χ2n) is 6.90. The van der Waals surface area contributed by atoms with Gasteiger partial charge in [0.1, 0.15) is 11.6 Å². The number of aromatic nitrogens is 1. The highest BCUT2D eigenvalue weighted by molar-refractivity contribution is 5.94. The molecular formula is C23H22F2N2O2. The third-order valence-corrected chi connectivity index (χ3v) is 4.87. The lowest BCUT2D eigenvalue weighted by Crippen LogP contribution is -2.35. The van der Waals surface area contributed by atoms with Crippen molar-refractivity contribution >= 4 is 5.91 Å². The Balaban J connectivity index is 2.03. The Morgan fingerprint density at radius 2 is 1.76 bits per heavy atom. The van der Waals surface area contributed by atoms with Gasteiger partial charge in [0.2, 0.25) is 0 Å². The number of benzene rings is 2. The van der Waals surface area contributed by atoms with Crippen LogP contribution in [-0.2, 0) is 13.6 Å². The summed E-state index contributed by atoms with van der Waals surface area (Å²) in [7, 11) is 1.61. The molecular weight excluding hydrogens is 374 g/mol. The smallest absolute Gasteiger partial charge is 0.254 e. The van der Waals surface area contributed by atoms with Gasteiger partial charge in [-0.2, -0.15) is 0 Å². The molecule has 1 unspecified atom stereocenters. The second kappa shape index (κ2) is 8.82. The predicted octanol–water partition coefficient (Wildman–Crippen LogP) is 4.46. The molecule has 0 N–H and O–H groups in total. The molecule has 150 valence electrons. The lowest BCUT2D eigenvalue weighted by Gasteiger charge is -2.32. The summed E-state index contributed by atoms with van der Waals surface area (Å²) in [5.74, 6) is -1.10. The van der Waals surface area contributed by atoms with E-state index < -0.39 is 5.82 Å². The van der Waals surface area contributed by atoms with E-state index >= 15 is 0 Å². The zero-order valence-corrected chi connectivity index (χ0v) is 16.3. The van der Waals surface area contributed by atoms with Crippen molar-refractivity contribution in [3.63, 3.8) is 0 Å². The van der Waals surface area contributed by atoms with Crippen LogP contribution in [0.1, 0.15) is 40.9 Å². The standard InChI is InChI=1S/C23H22F2N2O2/c1-3-21(17-7-9-19(24)10-8-17)27(15-16-5-4-6-20(25)13-16)23(29)18-11-12-26(2)22(28)14-18/h4-14,21H,3,15H2,1-2H3. The number of nitrogens with zero attached hydrogens (tertiary/aromatic N) is 2. The van der Waals surface area contributed by atoms with Gasteiger partial charge in [-0.1, -0.05) is 31.2 Å². The van der Waals surface area contributed by atoms with E-state index in [-0.39, 0.29) is 35.4 Å². The minimum atomic E-state index is -0.390. The van der Waals surface area contributed by atoms with Crippen LogP contribution in [0.25, 0.3) is 0 Å². The van der Waals surface area contributed by atoms with Gasteiger partial charge < -0.3 is 9.47 Å². The number of carbonyl (C=O) groups excluding carboxylic acids is 1. The van der Waals surface area contributed by atoms with Crippen molar-refractivity contribution in [2.45, 2.75) is 25.9 Å². The maximum absolute atomic E-state index is 13.7. The molecule has 0 fully saturated rings. The predicted molar refractivity (Wildman–Crippen MR) is 107 cm³/mol. The van der Waals surface area contributed by atoms with Gasteiger partial charge in [-0.3, -0.25) is 9.59 Å². The van der Waals surface area contributed by atoms with Crippen molar-refractivity contribution < 1.29 is 13.6 Å². The highest BCUT2D eigenvalue weighted by Gasteiger charge is 2.26. The van der Waals surface area contributed by atoms with Crippen LogP contribution < -0.4 is 5.56 Å². The molecule has 1 heterocycles. The van der Waals surface area contributed by atoms with E-state index in [0.29, 0.717) is 12.0 Å². The highest BCUT2D eigenvalue weighted by Crippen LogP contribution is 2.28. The average Bonchev–Trinajstić information content (AvgIpc) is 2.70. The van der Waals surface area contributed by atoms with Crippen molar-refractivity contribution in [3.05, 3.63) is 106 Å². The largest absolute Gasteiger partial charge is 0.327 e. The maximum Gasteiger partial charge on any atom is 0.254 e. The molecule has 0 radical (unpaired) electrons. The molecule has 0 bridgehead atoms. The zero-order chi connectivity index (χ0) is 21.0. The first-order chi connectivity index (χ1) is 13.9. The summed E-state index contributed by atoms with van der Waals surface area (Å²) in [6.45, 7) is 2.07. The molecule has 4 nitrogen and oxygen atoms in total. The van der Waals surface area contributed by atoms with Crippen LogP contribution in [0, 0.1) is 11.6 Å². The first kappa shape index (κ1) is 20.5. The van der Waals surface area contributed by atoms with Crippen molar-refractivity contribution in [2.24, 2.45) is 7.05 Å². The van der Waals surface area contributed by atoms with Gasteiger partial charge in [0.05, 0.1) is 6.04 Å². The Hall–Kier alpha value is -3.28.